The molecule has 0 aliphatic rings. The summed E-state index contributed by atoms with van der Waals surface area (Å²) in [5.74, 6) is -3.73. The molecule has 0 fully saturated rings. The Morgan fingerprint density at radius 3 is 2.21 bits per heavy atom. The molecule has 2 aromatic carbocycles. The number of alkyl halides is 1. The van der Waals surface area contributed by atoms with Crippen LogP contribution >= 0.6 is 15.9 Å². The molecule has 0 saturated carbocycles. The highest BCUT2D eigenvalue weighted by atomic mass is 79.9. The van der Waals surface area contributed by atoms with Crippen molar-refractivity contribution in [2.75, 3.05) is 0 Å². The number of hydrogen-bond donors (Lipinski definition) is 0. The fourth-order valence-corrected chi connectivity index (χ4v) is 2.55. The van der Waals surface area contributed by atoms with Crippen molar-refractivity contribution in [2.45, 2.75) is 18.2 Å². The predicted octanol–water partition coefficient (Wildman–Crippen LogP) is 5.09. The molecule has 2 aromatic rings. The minimum Gasteiger partial charge on any atom is -0.204 e. The fourth-order valence-electron chi connectivity index (χ4n) is 1.82. The van der Waals surface area contributed by atoms with Gasteiger partial charge in [-0.15, -0.1) is 0 Å². The second kappa shape index (κ2) is 5.78. The van der Waals surface area contributed by atoms with E-state index < -0.39 is 22.3 Å². The fraction of sp³-hybridized carbons (Fsp3) is 0.200. The molecule has 0 amide bonds. The Hall–Kier alpha value is -1.29. The Morgan fingerprint density at radius 2 is 1.58 bits per heavy atom. The lowest BCUT2D eigenvalue weighted by molar-refractivity contribution is 0.440. The molecule has 0 radical (unpaired) electrons. The van der Waals surface area contributed by atoms with Gasteiger partial charge in [0.2, 0.25) is 0 Å². The van der Waals surface area contributed by atoms with Crippen molar-refractivity contribution >= 4 is 15.9 Å². The van der Waals surface area contributed by atoms with Crippen LogP contribution in [0.25, 0.3) is 0 Å². The van der Waals surface area contributed by atoms with Gasteiger partial charge in [0.15, 0.2) is 17.5 Å². The molecule has 0 aromatic heterocycles. The van der Waals surface area contributed by atoms with Crippen LogP contribution in [0.5, 0.6) is 0 Å². The first-order chi connectivity index (χ1) is 8.99. The van der Waals surface area contributed by atoms with Gasteiger partial charge in [-0.05, 0) is 25.0 Å². The second-order valence-corrected chi connectivity index (χ2v) is 5.53. The van der Waals surface area contributed by atoms with Gasteiger partial charge < -0.3 is 0 Å². The lowest BCUT2D eigenvalue weighted by Gasteiger charge is -2.12. The number of halogens is 4. The van der Waals surface area contributed by atoms with E-state index in [1.165, 1.54) is 6.07 Å². The quantitative estimate of drug-likeness (QED) is 0.543. The van der Waals surface area contributed by atoms with Gasteiger partial charge in [0.25, 0.3) is 0 Å². The molecule has 0 aliphatic heterocycles. The van der Waals surface area contributed by atoms with Crippen LogP contribution in [0.4, 0.5) is 13.2 Å². The minimum absolute atomic E-state index is 0.125. The summed E-state index contributed by atoms with van der Waals surface area (Å²) in [5, 5.41) is 0. The Bertz CT molecular complexity index is 579. The van der Waals surface area contributed by atoms with E-state index in [1.54, 1.807) is 0 Å². The highest BCUT2D eigenvalue weighted by Crippen LogP contribution is 2.30. The zero-order valence-electron chi connectivity index (χ0n) is 10.3. The van der Waals surface area contributed by atoms with Crippen molar-refractivity contribution < 1.29 is 13.2 Å². The van der Waals surface area contributed by atoms with Crippen LogP contribution in [0.15, 0.2) is 36.4 Å². The SMILES string of the molecule is Cc1ccc(CC(Br)c2ccc(F)c(F)c2F)cc1. The van der Waals surface area contributed by atoms with Crippen molar-refractivity contribution in [3.05, 3.63) is 70.5 Å². The minimum atomic E-state index is -1.43. The van der Waals surface area contributed by atoms with Gasteiger partial charge in [0.05, 0.1) is 0 Å². The molecule has 0 saturated heterocycles. The largest absolute Gasteiger partial charge is 0.204 e. The first-order valence-electron chi connectivity index (χ1n) is 5.82. The molecule has 0 nitrogen and oxygen atoms in total. The lowest BCUT2D eigenvalue weighted by Crippen LogP contribution is -2.02. The third-order valence-corrected chi connectivity index (χ3v) is 3.76. The molecule has 2 rings (SSSR count). The molecule has 19 heavy (non-hydrogen) atoms. The van der Waals surface area contributed by atoms with Gasteiger partial charge in [-0.3, -0.25) is 0 Å². The van der Waals surface area contributed by atoms with Crippen molar-refractivity contribution in [1.29, 1.82) is 0 Å². The lowest BCUT2D eigenvalue weighted by atomic mass is 10.0. The average molecular weight is 329 g/mol. The number of rotatable bonds is 3. The maximum Gasteiger partial charge on any atom is 0.194 e. The molecule has 1 atom stereocenters. The van der Waals surface area contributed by atoms with Gasteiger partial charge >= 0.3 is 0 Å². The Morgan fingerprint density at radius 1 is 0.947 bits per heavy atom. The van der Waals surface area contributed by atoms with Gasteiger partial charge in [-0.2, -0.15) is 0 Å². The summed E-state index contributed by atoms with van der Waals surface area (Å²) in [7, 11) is 0. The van der Waals surface area contributed by atoms with Crippen LogP contribution in [0.3, 0.4) is 0 Å². The van der Waals surface area contributed by atoms with Gasteiger partial charge in [0, 0.05) is 10.4 Å². The number of benzene rings is 2. The van der Waals surface area contributed by atoms with Crippen LogP contribution in [-0.4, -0.2) is 0 Å². The summed E-state index contributed by atoms with van der Waals surface area (Å²) in [6.07, 6.45) is 0.502. The molecule has 100 valence electrons. The molecular formula is C15H12BrF3. The second-order valence-electron chi connectivity index (χ2n) is 4.42. The van der Waals surface area contributed by atoms with Crippen molar-refractivity contribution in [1.82, 2.24) is 0 Å². The molecular weight excluding hydrogens is 317 g/mol. The maximum atomic E-state index is 13.6. The third kappa shape index (κ3) is 3.18. The standard InChI is InChI=1S/C15H12BrF3/c1-9-2-4-10(5-3-9)8-12(16)11-6-7-13(17)15(19)14(11)18/h2-7,12H,8H2,1H3. The highest BCUT2D eigenvalue weighted by molar-refractivity contribution is 9.09. The van der Waals surface area contributed by atoms with Gasteiger partial charge in [0.1, 0.15) is 0 Å². The third-order valence-electron chi connectivity index (χ3n) is 2.94. The normalized spacial score (nSPS) is 12.5. The van der Waals surface area contributed by atoms with Crippen LogP contribution in [0, 0.1) is 24.4 Å². The van der Waals surface area contributed by atoms with Crippen LogP contribution in [-0.2, 0) is 6.42 Å². The molecule has 0 N–H and O–H groups in total. The van der Waals surface area contributed by atoms with Crippen LogP contribution in [0.1, 0.15) is 21.5 Å². The van der Waals surface area contributed by atoms with E-state index in [0.29, 0.717) is 6.42 Å². The first kappa shape index (κ1) is 14.1. The molecule has 0 heterocycles. The molecule has 0 aliphatic carbocycles. The Balaban J connectivity index is 2.23. The molecule has 4 heteroatoms. The zero-order valence-corrected chi connectivity index (χ0v) is 11.8. The average Bonchev–Trinajstić information content (AvgIpc) is 2.39. The molecule has 0 spiro atoms. The summed E-state index contributed by atoms with van der Waals surface area (Å²) in [5.41, 5.74) is 2.25. The van der Waals surface area contributed by atoms with Gasteiger partial charge in [-0.1, -0.05) is 51.8 Å². The van der Waals surface area contributed by atoms with E-state index >= 15 is 0 Å². The smallest absolute Gasteiger partial charge is 0.194 e. The molecule has 0 bridgehead atoms. The van der Waals surface area contributed by atoms with Gasteiger partial charge in [-0.25, -0.2) is 13.2 Å². The summed E-state index contributed by atoms with van der Waals surface area (Å²) in [6, 6.07) is 9.98. The zero-order chi connectivity index (χ0) is 14.0. The van der Waals surface area contributed by atoms with E-state index in [0.717, 1.165) is 17.2 Å². The van der Waals surface area contributed by atoms with Crippen molar-refractivity contribution in [2.24, 2.45) is 0 Å². The van der Waals surface area contributed by atoms with E-state index in [-0.39, 0.29) is 5.56 Å². The molecule has 1 unspecified atom stereocenters. The monoisotopic (exact) mass is 328 g/mol. The van der Waals surface area contributed by atoms with Crippen molar-refractivity contribution in [3.63, 3.8) is 0 Å². The summed E-state index contributed by atoms with van der Waals surface area (Å²) in [6.45, 7) is 1.98. The first-order valence-corrected chi connectivity index (χ1v) is 6.73. The number of aryl methyl sites for hydroxylation is 1. The highest BCUT2D eigenvalue weighted by Gasteiger charge is 2.19. The summed E-state index contributed by atoms with van der Waals surface area (Å²) in [4.78, 5) is -0.398. The van der Waals surface area contributed by atoms with Crippen LogP contribution in [0.2, 0.25) is 0 Å². The summed E-state index contributed by atoms with van der Waals surface area (Å²) < 4.78 is 39.7. The Labute approximate surface area is 118 Å². The summed E-state index contributed by atoms with van der Waals surface area (Å²) >= 11 is 3.32. The maximum absolute atomic E-state index is 13.6. The van der Waals surface area contributed by atoms with Crippen molar-refractivity contribution in [3.8, 4) is 0 Å². The van der Waals surface area contributed by atoms with E-state index in [2.05, 4.69) is 15.9 Å². The number of hydrogen-bond acceptors (Lipinski definition) is 0. The van der Waals surface area contributed by atoms with E-state index in [4.69, 9.17) is 0 Å². The van der Waals surface area contributed by atoms with Crippen LogP contribution < -0.4 is 0 Å². The predicted molar refractivity (Wildman–Crippen MR) is 72.9 cm³/mol. The van der Waals surface area contributed by atoms with E-state index in [9.17, 15) is 13.2 Å². The topological polar surface area (TPSA) is 0 Å². The Kier molecular flexibility index (Phi) is 4.30. The van der Waals surface area contributed by atoms with E-state index in [1.807, 2.05) is 31.2 Å².